The summed E-state index contributed by atoms with van der Waals surface area (Å²) in [6, 6.07) is 15.3. The number of nitriles is 1. The minimum Gasteiger partial charge on any atom is -0.274 e. The number of rotatable bonds is 4. The molecule has 3 heterocycles. The second-order valence-electron chi connectivity index (χ2n) is 6.48. The summed E-state index contributed by atoms with van der Waals surface area (Å²) in [4.78, 5) is 22.2. The first-order valence-corrected chi connectivity index (χ1v) is 9.35. The number of pyridine rings is 1. The predicted molar refractivity (Wildman–Crippen MR) is 106 cm³/mol. The Hall–Kier alpha value is -3.24. The first kappa shape index (κ1) is 18.1. The molecule has 0 saturated heterocycles. The van der Waals surface area contributed by atoms with Gasteiger partial charge in [0.25, 0.3) is 0 Å². The maximum atomic E-state index is 13.1. The lowest BCUT2D eigenvalue weighted by atomic mass is 10.1. The van der Waals surface area contributed by atoms with E-state index in [0.29, 0.717) is 34.5 Å². The minimum atomic E-state index is -0.307. The monoisotopic (exact) mass is 392 g/mol. The minimum absolute atomic E-state index is 0.226. The zero-order valence-electron chi connectivity index (χ0n) is 15.2. The van der Waals surface area contributed by atoms with Crippen LogP contribution in [0.3, 0.4) is 0 Å². The molecule has 0 N–H and O–H groups in total. The lowest BCUT2D eigenvalue weighted by molar-refractivity contribution is 0.472. The first-order valence-electron chi connectivity index (χ1n) is 8.98. The van der Waals surface area contributed by atoms with Crippen molar-refractivity contribution in [3.8, 4) is 11.8 Å². The van der Waals surface area contributed by atoms with E-state index in [1.54, 1.807) is 12.1 Å². The van der Waals surface area contributed by atoms with Gasteiger partial charge >= 0.3 is 5.69 Å². The van der Waals surface area contributed by atoms with Crippen LogP contribution in [-0.2, 0) is 13.1 Å². The molecule has 1 unspecified atom stereocenters. The molecule has 0 fully saturated rings. The molecule has 0 amide bonds. The van der Waals surface area contributed by atoms with Gasteiger partial charge in [-0.2, -0.15) is 10.4 Å². The molecule has 1 aliphatic rings. The SMILES string of the molecule is CCC(C#N)Cn1nc2n(c1=O)-c1ccc(Cl)nc1C(c1ccccc1)=NC2. The highest BCUT2D eigenvalue weighted by Gasteiger charge is 2.25. The Morgan fingerprint density at radius 1 is 1.25 bits per heavy atom. The average molecular weight is 393 g/mol. The van der Waals surface area contributed by atoms with Gasteiger partial charge in [-0.05, 0) is 18.6 Å². The Labute approximate surface area is 166 Å². The van der Waals surface area contributed by atoms with E-state index in [9.17, 15) is 10.1 Å². The number of aliphatic imine (C=N–C) groups is 1. The van der Waals surface area contributed by atoms with Gasteiger partial charge in [0.05, 0.1) is 29.9 Å². The summed E-state index contributed by atoms with van der Waals surface area (Å²) < 4.78 is 2.86. The third kappa shape index (κ3) is 3.12. The third-order valence-electron chi connectivity index (χ3n) is 4.71. The van der Waals surface area contributed by atoms with E-state index in [0.717, 1.165) is 5.56 Å². The molecule has 0 bridgehead atoms. The van der Waals surface area contributed by atoms with Gasteiger partial charge in [-0.3, -0.25) is 4.99 Å². The summed E-state index contributed by atoms with van der Waals surface area (Å²) in [5, 5.41) is 14.0. The van der Waals surface area contributed by atoms with Crippen LogP contribution in [0.1, 0.15) is 30.4 Å². The van der Waals surface area contributed by atoms with Crippen LogP contribution in [0.4, 0.5) is 0 Å². The third-order valence-corrected chi connectivity index (χ3v) is 4.92. The summed E-state index contributed by atoms with van der Waals surface area (Å²) in [5.74, 6) is 0.233. The van der Waals surface area contributed by atoms with Gasteiger partial charge in [-0.25, -0.2) is 19.0 Å². The number of benzene rings is 1. The van der Waals surface area contributed by atoms with Crippen molar-refractivity contribution in [3.63, 3.8) is 0 Å². The van der Waals surface area contributed by atoms with Gasteiger partial charge in [0.15, 0.2) is 5.82 Å². The molecule has 0 radical (unpaired) electrons. The molecule has 4 rings (SSSR count). The molecule has 1 aromatic carbocycles. The van der Waals surface area contributed by atoms with Gasteiger partial charge in [-0.1, -0.05) is 48.9 Å². The number of halogens is 1. The van der Waals surface area contributed by atoms with Crippen LogP contribution in [0.15, 0.2) is 52.3 Å². The van der Waals surface area contributed by atoms with Crippen LogP contribution in [-0.4, -0.2) is 25.0 Å². The lowest BCUT2D eigenvalue weighted by Gasteiger charge is -2.10. The number of hydrogen-bond acceptors (Lipinski definition) is 5. The van der Waals surface area contributed by atoms with Gasteiger partial charge in [0.1, 0.15) is 17.4 Å². The summed E-state index contributed by atoms with van der Waals surface area (Å²) in [5.41, 5.74) is 2.36. The maximum absolute atomic E-state index is 13.1. The summed E-state index contributed by atoms with van der Waals surface area (Å²) >= 11 is 6.15. The Morgan fingerprint density at radius 3 is 2.75 bits per heavy atom. The first-order chi connectivity index (χ1) is 13.6. The van der Waals surface area contributed by atoms with Gasteiger partial charge in [-0.15, -0.1) is 0 Å². The molecule has 1 aliphatic heterocycles. The molecule has 140 valence electrons. The molecular weight excluding hydrogens is 376 g/mol. The van der Waals surface area contributed by atoms with Crippen LogP contribution < -0.4 is 5.69 Å². The number of fused-ring (bicyclic) bond motifs is 3. The Balaban J connectivity index is 1.89. The van der Waals surface area contributed by atoms with Crippen molar-refractivity contribution in [3.05, 3.63) is 75.2 Å². The number of hydrogen-bond donors (Lipinski definition) is 0. The van der Waals surface area contributed by atoms with Crippen LogP contribution >= 0.6 is 11.6 Å². The lowest BCUT2D eigenvalue weighted by Crippen LogP contribution is -2.27. The fourth-order valence-electron chi connectivity index (χ4n) is 3.22. The quantitative estimate of drug-likeness (QED) is 0.638. The van der Waals surface area contributed by atoms with Crippen molar-refractivity contribution in [1.29, 1.82) is 5.26 Å². The van der Waals surface area contributed by atoms with Crippen LogP contribution in [0.5, 0.6) is 0 Å². The Bertz CT molecular complexity index is 1160. The fraction of sp³-hybridized carbons (Fsp3) is 0.250. The molecule has 0 saturated carbocycles. The summed E-state index contributed by atoms with van der Waals surface area (Å²) in [6.07, 6.45) is 0.648. The largest absolute Gasteiger partial charge is 0.350 e. The van der Waals surface area contributed by atoms with E-state index in [1.807, 2.05) is 37.3 Å². The molecule has 8 heteroatoms. The fourth-order valence-corrected chi connectivity index (χ4v) is 3.36. The van der Waals surface area contributed by atoms with E-state index in [4.69, 9.17) is 11.6 Å². The smallest absolute Gasteiger partial charge is 0.274 e. The number of nitrogens with zero attached hydrogens (tertiary/aromatic N) is 6. The van der Waals surface area contributed by atoms with Crippen molar-refractivity contribution >= 4 is 17.3 Å². The Morgan fingerprint density at radius 2 is 2.04 bits per heavy atom. The molecule has 7 nitrogen and oxygen atoms in total. The van der Waals surface area contributed by atoms with Crippen molar-refractivity contribution in [2.45, 2.75) is 26.4 Å². The van der Waals surface area contributed by atoms with Crippen molar-refractivity contribution in [1.82, 2.24) is 19.3 Å². The molecule has 28 heavy (non-hydrogen) atoms. The zero-order valence-corrected chi connectivity index (χ0v) is 16.0. The molecular formula is C20H17ClN6O. The highest BCUT2D eigenvalue weighted by Crippen LogP contribution is 2.23. The summed E-state index contributed by atoms with van der Waals surface area (Å²) in [7, 11) is 0. The maximum Gasteiger partial charge on any atom is 0.350 e. The zero-order chi connectivity index (χ0) is 19.7. The molecule has 0 aliphatic carbocycles. The van der Waals surface area contributed by atoms with Gasteiger partial charge < -0.3 is 0 Å². The van der Waals surface area contributed by atoms with Gasteiger partial charge in [0.2, 0.25) is 0 Å². The highest BCUT2D eigenvalue weighted by atomic mass is 35.5. The predicted octanol–water partition coefficient (Wildman–Crippen LogP) is 2.98. The Kier molecular flexibility index (Phi) is 4.80. The molecule has 2 aromatic heterocycles. The van der Waals surface area contributed by atoms with Crippen LogP contribution in [0, 0.1) is 17.2 Å². The van der Waals surface area contributed by atoms with E-state index < -0.39 is 0 Å². The van der Waals surface area contributed by atoms with E-state index in [1.165, 1.54) is 9.25 Å². The summed E-state index contributed by atoms with van der Waals surface area (Å²) in [6.45, 7) is 2.39. The molecule has 3 aromatic rings. The molecule has 1 atom stereocenters. The van der Waals surface area contributed by atoms with Crippen LogP contribution in [0.25, 0.3) is 5.69 Å². The van der Waals surface area contributed by atoms with E-state index in [-0.39, 0.29) is 24.7 Å². The highest BCUT2D eigenvalue weighted by molar-refractivity contribution is 6.29. The van der Waals surface area contributed by atoms with Crippen molar-refractivity contribution < 1.29 is 0 Å². The van der Waals surface area contributed by atoms with E-state index in [2.05, 4.69) is 21.1 Å². The van der Waals surface area contributed by atoms with Crippen LogP contribution in [0.2, 0.25) is 5.15 Å². The number of aromatic nitrogens is 4. The average Bonchev–Trinajstić information content (AvgIpc) is 2.92. The molecule has 0 spiro atoms. The van der Waals surface area contributed by atoms with Crippen molar-refractivity contribution in [2.24, 2.45) is 10.9 Å². The van der Waals surface area contributed by atoms with Crippen molar-refractivity contribution in [2.75, 3.05) is 0 Å². The van der Waals surface area contributed by atoms with E-state index >= 15 is 0 Å². The standard InChI is InChI=1S/C20H17ClN6O/c1-2-13(10-22)12-26-20(28)27-15-8-9-16(21)24-19(15)18(23-11-17(27)25-26)14-6-4-3-5-7-14/h3-9,13H,2,11-12H2,1H3. The normalized spacial score (nSPS) is 13.7. The second kappa shape index (κ2) is 7.41. The topological polar surface area (TPSA) is 88.9 Å². The van der Waals surface area contributed by atoms with Gasteiger partial charge in [0, 0.05) is 5.56 Å². The second-order valence-corrected chi connectivity index (χ2v) is 6.87.